The molecule has 0 aliphatic rings. The fraction of sp³-hybridized carbons (Fsp3) is 0.747. The first-order valence-corrected chi connectivity index (χ1v) is 48.3. The lowest BCUT2D eigenvalue weighted by Gasteiger charge is -2.25. The Morgan fingerprint density at radius 3 is 0.816 bits per heavy atom. The van der Waals surface area contributed by atoms with Crippen LogP contribution in [0.25, 0.3) is 0 Å². The van der Waals surface area contributed by atoms with Crippen LogP contribution in [-0.4, -0.2) is 94.5 Å². The number of rotatable bonds is 81. The summed E-state index contributed by atoms with van der Waals surface area (Å²) in [4.78, 5) is 65.8. The van der Waals surface area contributed by atoms with Gasteiger partial charge in [0.05, 0.1) is 39.6 Å². The molecule has 114 heavy (non-hydrogen) atoms. The average Bonchev–Trinajstić information content (AvgIpc) is 0.863. The quantitative estimate of drug-likeness (QED) is 0.0239. The van der Waals surface area contributed by atoms with Crippen LogP contribution < -0.4 is 5.32 Å². The Morgan fingerprint density at radius 1 is 0.289 bits per heavy atom. The number of unbranched alkanes of at least 4 members (excludes halogenated alkanes) is 44. The van der Waals surface area contributed by atoms with Gasteiger partial charge in [0.1, 0.15) is 25.9 Å². The van der Waals surface area contributed by atoms with Crippen molar-refractivity contribution in [3.8, 4) is 0 Å². The molecule has 1 N–H and O–H groups in total. The summed E-state index contributed by atoms with van der Waals surface area (Å²) in [6.45, 7) is 4.23. The van der Waals surface area contributed by atoms with Gasteiger partial charge in [-0.25, -0.2) is 13.9 Å². The van der Waals surface area contributed by atoms with E-state index in [1.165, 1.54) is 167 Å². The smallest absolute Gasteiger partial charge is 0.462 e. The second kappa shape index (κ2) is 73.6. The van der Waals surface area contributed by atoms with E-state index in [9.17, 15) is 33.1 Å². The fourth-order valence-corrected chi connectivity index (χ4v) is 15.8. The number of hydrogen-bond acceptors (Lipinski definition) is 19. The summed E-state index contributed by atoms with van der Waals surface area (Å²) in [5, 5.41) is 2.82. The molecule has 0 aliphatic carbocycles. The number of hydrogen-bond donors (Lipinski definition) is 1. The van der Waals surface area contributed by atoms with Crippen molar-refractivity contribution in [1.29, 1.82) is 0 Å². The summed E-state index contributed by atoms with van der Waals surface area (Å²) in [6, 6.07) is 27.5. The number of esters is 4. The average molecular weight is 1660 g/mol. The van der Waals surface area contributed by atoms with E-state index in [0.29, 0.717) is 43.4 Å². The van der Waals surface area contributed by atoms with Gasteiger partial charge in [-0.05, 0) is 48.8 Å². The predicted octanol–water partition coefficient (Wildman–Crippen LogP) is 26.1. The van der Waals surface area contributed by atoms with Crippen LogP contribution in [0.2, 0.25) is 0 Å². The highest BCUT2D eigenvalue weighted by atomic mass is 31.2. The SMILES string of the molecule is CCCCCCCCCCCCCCCC(=O)OC[C@@H](COP(=O)(OCc1ccccc1)OC[C@H](COP(=O)(OCc1ccccc1)OC[C@@H](COC(=O)CCCCCCCCCCCNC(=O)OCc1ccccc1)OC(=O)CCCCCCCCCCCCCCC)OP)OC(=O)CCCCCCCCCCCCCCC. The second-order valence-corrected chi connectivity index (χ2v) is 34.5. The van der Waals surface area contributed by atoms with Crippen molar-refractivity contribution in [3.05, 3.63) is 108 Å². The molecule has 0 spiro atoms. The van der Waals surface area contributed by atoms with Crippen molar-refractivity contribution in [1.82, 2.24) is 5.32 Å². The van der Waals surface area contributed by atoms with Gasteiger partial charge in [0, 0.05) is 41.7 Å². The van der Waals surface area contributed by atoms with Crippen LogP contribution >= 0.6 is 25.1 Å². The maximum Gasteiger partial charge on any atom is 0.475 e. The van der Waals surface area contributed by atoms with E-state index < -0.39 is 90.4 Å². The Labute approximate surface area is 691 Å². The number of benzene rings is 3. The van der Waals surface area contributed by atoms with Crippen LogP contribution in [0, 0.1) is 0 Å². The van der Waals surface area contributed by atoms with Crippen LogP contribution in [0.5, 0.6) is 0 Å². The summed E-state index contributed by atoms with van der Waals surface area (Å²) < 4.78 is 100. The monoisotopic (exact) mass is 1660 g/mol. The van der Waals surface area contributed by atoms with Crippen molar-refractivity contribution in [3.63, 3.8) is 0 Å². The van der Waals surface area contributed by atoms with E-state index in [0.717, 1.165) is 121 Å². The topological polar surface area (TPSA) is 242 Å². The molecule has 6 atom stereocenters. The standard InChI is InChI=1S/C91H154NO19P3/c1-4-7-10-13-16-19-22-25-28-32-37-42-56-67-87(93)100-75-84(109-89(95)69-58-44-39-33-29-26-23-20-17-14-11-8-5-2)77-105-113(98,103-73-82-63-52-48-53-64-82)107-79-86(111-112)80-108-114(99,104-74-83-65-54-49-55-66-83)106-78-85(110-90(96)70-59-45-40-34-30-27-24-21-18-15-12-9-6-3)76-101-88(94)68-57-43-38-35-31-36-41-46-60-71-92-91(97)102-72-81-61-50-47-51-62-81/h47-55,61-66,84-86H,4-46,56-60,67-80,112H2,1-3H3,(H,92,97)/t84-,85+,86+,113?,114?/m0/s1. The van der Waals surface area contributed by atoms with Crippen molar-refractivity contribution < 1.29 is 88.5 Å². The zero-order valence-electron chi connectivity index (χ0n) is 71.0. The summed E-state index contributed by atoms with van der Waals surface area (Å²) in [5.74, 6) is -1.95. The lowest BCUT2D eigenvalue weighted by Crippen LogP contribution is -2.30. The molecule has 1 amide bonds. The van der Waals surface area contributed by atoms with E-state index >= 15 is 0 Å². The van der Waals surface area contributed by atoms with Crippen LogP contribution in [0.1, 0.15) is 371 Å². The minimum Gasteiger partial charge on any atom is -0.462 e. The normalized spacial score (nSPS) is 13.3. The molecule has 0 heterocycles. The molecular weight excluding hydrogens is 1500 g/mol. The van der Waals surface area contributed by atoms with Gasteiger partial charge >= 0.3 is 45.6 Å². The highest BCUT2D eigenvalue weighted by molar-refractivity contribution is 7.48. The second-order valence-electron chi connectivity index (χ2n) is 30.8. The molecule has 0 saturated heterocycles. The van der Waals surface area contributed by atoms with Gasteiger partial charge in [-0.2, -0.15) is 0 Å². The predicted molar refractivity (Wildman–Crippen MR) is 459 cm³/mol. The van der Waals surface area contributed by atoms with E-state index in [-0.39, 0.29) is 58.7 Å². The van der Waals surface area contributed by atoms with Crippen molar-refractivity contribution in [2.24, 2.45) is 0 Å². The number of phosphoric ester groups is 2. The van der Waals surface area contributed by atoms with Gasteiger partial charge in [-0.15, -0.1) is 0 Å². The summed E-state index contributed by atoms with van der Waals surface area (Å²) >= 11 is 0. The summed E-state index contributed by atoms with van der Waals surface area (Å²) in [7, 11) is -7.16. The van der Waals surface area contributed by atoms with Gasteiger partial charge in [-0.3, -0.25) is 46.3 Å². The van der Waals surface area contributed by atoms with Crippen LogP contribution in [0.3, 0.4) is 0 Å². The highest BCUT2D eigenvalue weighted by Gasteiger charge is 2.35. The number of alkyl carbamates (subject to hydrolysis) is 1. The number of amides is 1. The zero-order chi connectivity index (χ0) is 82.0. The molecule has 0 saturated carbocycles. The maximum atomic E-state index is 14.9. The molecule has 0 fully saturated rings. The number of nitrogens with one attached hydrogen (secondary N) is 1. The van der Waals surface area contributed by atoms with Gasteiger partial charge < -0.3 is 33.5 Å². The van der Waals surface area contributed by atoms with Gasteiger partial charge in [0.15, 0.2) is 12.2 Å². The molecule has 3 unspecified atom stereocenters. The number of phosphoric acid groups is 2. The first kappa shape index (κ1) is 104. The lowest BCUT2D eigenvalue weighted by molar-refractivity contribution is -0.161. The summed E-state index contributed by atoms with van der Waals surface area (Å²) in [6.07, 6.45) is 50.3. The van der Waals surface area contributed by atoms with Gasteiger partial charge in [0.2, 0.25) is 0 Å². The number of carbonyl (C=O) groups is 5. The molecule has 3 aromatic rings. The molecule has 0 aromatic heterocycles. The van der Waals surface area contributed by atoms with E-state index in [2.05, 4.69) is 35.6 Å². The van der Waals surface area contributed by atoms with Gasteiger partial charge in [0.25, 0.3) is 0 Å². The Balaban J connectivity index is 1.68. The van der Waals surface area contributed by atoms with Crippen molar-refractivity contribution in [2.75, 3.05) is 46.2 Å². The van der Waals surface area contributed by atoms with E-state index in [4.69, 9.17) is 55.4 Å². The largest absolute Gasteiger partial charge is 0.475 e. The molecule has 0 aliphatic heterocycles. The number of carbonyl (C=O) groups excluding carboxylic acids is 5. The molecule has 652 valence electrons. The van der Waals surface area contributed by atoms with Crippen LogP contribution in [0.4, 0.5) is 4.79 Å². The molecule has 0 radical (unpaired) electrons. The first-order valence-electron chi connectivity index (χ1n) is 44.9. The summed E-state index contributed by atoms with van der Waals surface area (Å²) in [5.41, 5.74) is 2.23. The first-order chi connectivity index (χ1) is 55.8. The third-order valence-electron chi connectivity index (χ3n) is 20.3. The van der Waals surface area contributed by atoms with Crippen LogP contribution in [-0.2, 0) is 103 Å². The molecule has 20 nitrogen and oxygen atoms in total. The molecule has 23 heteroatoms. The third kappa shape index (κ3) is 61.7. The van der Waals surface area contributed by atoms with E-state index in [1.54, 1.807) is 48.5 Å². The molecule has 3 rings (SSSR count). The third-order valence-corrected chi connectivity index (χ3v) is 23.4. The fourth-order valence-electron chi connectivity index (χ4n) is 13.2. The highest BCUT2D eigenvalue weighted by Crippen LogP contribution is 2.53. The molecule has 0 bridgehead atoms. The van der Waals surface area contributed by atoms with Crippen molar-refractivity contribution >= 4 is 55.1 Å². The molecular formula is C91H154NO19P3. The minimum atomic E-state index is -4.64. The van der Waals surface area contributed by atoms with Crippen LogP contribution in [0.15, 0.2) is 91.0 Å². The lowest BCUT2D eigenvalue weighted by atomic mass is 10.0. The minimum absolute atomic E-state index is 0.123. The van der Waals surface area contributed by atoms with E-state index in [1.807, 2.05) is 42.5 Å². The Bertz CT molecular complexity index is 2860. The van der Waals surface area contributed by atoms with Gasteiger partial charge in [-0.1, -0.05) is 388 Å². The Kier molecular flexibility index (Phi) is 66.8. The number of ether oxygens (including phenoxy) is 5. The molecule has 3 aromatic carbocycles. The zero-order valence-corrected chi connectivity index (χ0v) is 73.9. The van der Waals surface area contributed by atoms with Crippen molar-refractivity contribution in [2.45, 2.75) is 393 Å². The Morgan fingerprint density at radius 2 is 0.535 bits per heavy atom. The Hall–Kier alpha value is -4.58. The maximum absolute atomic E-state index is 14.9.